The molecule has 122 valence electrons. The minimum Gasteiger partial charge on any atom is -0.396 e. The average molecular weight is 328 g/mol. The summed E-state index contributed by atoms with van der Waals surface area (Å²) in [7, 11) is 0. The topological polar surface area (TPSA) is 97.7 Å². The van der Waals surface area contributed by atoms with Crippen molar-refractivity contribution in [3.05, 3.63) is 40.4 Å². The SMILES string of the molecule is Cl.O=NO.OCCCCC1NCCc2c1[nH]c1ccccc21. The van der Waals surface area contributed by atoms with Gasteiger partial charge >= 0.3 is 0 Å². The third-order valence-corrected chi connectivity index (χ3v) is 3.86. The molecule has 0 aliphatic carbocycles. The van der Waals surface area contributed by atoms with E-state index in [4.69, 9.17) is 15.2 Å². The molecule has 2 heterocycles. The molecule has 1 aliphatic rings. The van der Waals surface area contributed by atoms with Gasteiger partial charge in [-0.05, 0) is 43.9 Å². The summed E-state index contributed by atoms with van der Waals surface area (Å²) < 4.78 is 0. The molecule has 1 aliphatic heterocycles. The molecule has 2 aromatic rings. The molecule has 1 unspecified atom stereocenters. The zero-order valence-electron chi connectivity index (χ0n) is 12.3. The summed E-state index contributed by atoms with van der Waals surface area (Å²) in [5.74, 6) is 0. The van der Waals surface area contributed by atoms with Crippen molar-refractivity contribution >= 4 is 23.3 Å². The van der Waals surface area contributed by atoms with Crippen molar-refractivity contribution in [2.75, 3.05) is 13.2 Å². The number of hydrogen-bond donors (Lipinski definition) is 4. The van der Waals surface area contributed by atoms with Gasteiger partial charge in [0.15, 0.2) is 5.34 Å². The Labute approximate surface area is 135 Å². The van der Waals surface area contributed by atoms with Crippen LogP contribution in [0.2, 0.25) is 0 Å². The van der Waals surface area contributed by atoms with Crippen LogP contribution in [0.4, 0.5) is 0 Å². The van der Waals surface area contributed by atoms with E-state index in [0.717, 1.165) is 32.2 Å². The highest BCUT2D eigenvalue weighted by Gasteiger charge is 2.22. The lowest BCUT2D eigenvalue weighted by molar-refractivity contribution is 0.278. The molecule has 0 saturated heterocycles. The molecule has 0 saturated carbocycles. The summed E-state index contributed by atoms with van der Waals surface area (Å²) in [6.45, 7) is 1.35. The molecule has 1 aromatic heterocycles. The van der Waals surface area contributed by atoms with Crippen molar-refractivity contribution in [1.29, 1.82) is 0 Å². The van der Waals surface area contributed by atoms with E-state index in [9.17, 15) is 0 Å². The second-order valence-electron chi connectivity index (χ2n) is 5.12. The second kappa shape index (κ2) is 9.40. The van der Waals surface area contributed by atoms with Crippen LogP contribution in [-0.4, -0.2) is 28.4 Å². The molecule has 22 heavy (non-hydrogen) atoms. The summed E-state index contributed by atoms with van der Waals surface area (Å²) in [5, 5.41) is 21.7. The maximum atomic E-state index is 8.88. The van der Waals surface area contributed by atoms with Gasteiger partial charge in [0.05, 0.1) is 0 Å². The molecule has 1 aromatic carbocycles. The Bertz CT molecular complexity index is 588. The molecule has 0 bridgehead atoms. The van der Waals surface area contributed by atoms with Crippen LogP contribution in [0.1, 0.15) is 36.6 Å². The molecule has 3 rings (SSSR count). The van der Waals surface area contributed by atoms with Gasteiger partial charge in [0.25, 0.3) is 0 Å². The van der Waals surface area contributed by atoms with E-state index in [1.807, 2.05) is 0 Å². The Kier molecular flexibility index (Phi) is 7.87. The Hall–Kier alpha value is -1.63. The zero-order valence-corrected chi connectivity index (χ0v) is 13.1. The van der Waals surface area contributed by atoms with Crippen LogP contribution >= 0.6 is 12.4 Å². The number of aromatic nitrogens is 1. The summed E-state index contributed by atoms with van der Waals surface area (Å²) in [6.07, 6.45) is 4.17. The molecule has 0 spiro atoms. The van der Waals surface area contributed by atoms with Crippen molar-refractivity contribution in [3.63, 3.8) is 0 Å². The number of benzene rings is 1. The highest BCUT2D eigenvalue weighted by atomic mass is 35.5. The third kappa shape index (κ3) is 4.19. The lowest BCUT2D eigenvalue weighted by atomic mass is 9.96. The first kappa shape index (κ1) is 18.4. The fourth-order valence-corrected chi connectivity index (χ4v) is 2.97. The fraction of sp³-hybridized carbons (Fsp3) is 0.467. The number of aromatic amines is 1. The highest BCUT2D eigenvalue weighted by Crippen LogP contribution is 2.32. The van der Waals surface area contributed by atoms with Crippen molar-refractivity contribution in [2.45, 2.75) is 31.7 Å². The maximum Gasteiger partial charge on any atom is 0.152 e. The number of aliphatic hydroxyl groups is 1. The van der Waals surface area contributed by atoms with Gasteiger partial charge < -0.3 is 20.6 Å². The molecule has 4 N–H and O–H groups in total. The van der Waals surface area contributed by atoms with Gasteiger partial charge in [-0.3, -0.25) is 0 Å². The first-order valence-corrected chi connectivity index (χ1v) is 7.22. The van der Waals surface area contributed by atoms with Gasteiger partial charge in [0.1, 0.15) is 0 Å². The van der Waals surface area contributed by atoms with Gasteiger partial charge in [-0.25, -0.2) is 0 Å². The maximum absolute atomic E-state index is 8.88. The number of halogens is 1. The third-order valence-electron chi connectivity index (χ3n) is 3.86. The van der Waals surface area contributed by atoms with Crippen LogP contribution in [0.25, 0.3) is 10.9 Å². The number of nitrogens with zero attached hydrogens (tertiary/aromatic N) is 1. The molecule has 0 radical (unpaired) electrons. The normalized spacial score (nSPS) is 16.1. The highest BCUT2D eigenvalue weighted by molar-refractivity contribution is 5.85. The van der Waals surface area contributed by atoms with Crippen LogP contribution in [0.3, 0.4) is 0 Å². The standard InChI is InChI=1S/C15H20N2O.ClH.HNO2/c18-10-4-3-7-14-15-12(8-9-16-14)11-5-1-2-6-13(11)17-15;;2-1-3/h1-2,5-6,14,16-18H,3-4,7-10H2;1H;(H,2,3). The largest absolute Gasteiger partial charge is 0.396 e. The van der Waals surface area contributed by atoms with E-state index in [2.05, 4.69) is 34.6 Å². The number of para-hydroxylation sites is 1. The van der Waals surface area contributed by atoms with Gasteiger partial charge in [0.2, 0.25) is 0 Å². The first-order chi connectivity index (χ1) is 10.3. The monoisotopic (exact) mass is 327 g/mol. The number of aliphatic hydroxyl groups excluding tert-OH is 1. The van der Waals surface area contributed by atoms with Gasteiger partial charge in [-0.1, -0.05) is 18.2 Å². The number of hydrogen-bond acceptors (Lipinski definition) is 4. The first-order valence-electron chi connectivity index (χ1n) is 7.22. The molecular weight excluding hydrogens is 306 g/mol. The number of H-pyrrole nitrogens is 1. The zero-order chi connectivity index (χ0) is 15.1. The summed E-state index contributed by atoms with van der Waals surface area (Å²) >= 11 is 0. The van der Waals surface area contributed by atoms with Gasteiger partial charge in [-0.2, -0.15) is 0 Å². The summed E-state index contributed by atoms with van der Waals surface area (Å²) in [4.78, 5) is 11.7. The second-order valence-corrected chi connectivity index (χ2v) is 5.12. The predicted molar refractivity (Wildman–Crippen MR) is 88.5 cm³/mol. The smallest absolute Gasteiger partial charge is 0.152 e. The number of rotatable bonds is 4. The minimum atomic E-state index is 0. The van der Waals surface area contributed by atoms with E-state index in [1.54, 1.807) is 0 Å². The average Bonchev–Trinajstić information content (AvgIpc) is 2.88. The molecule has 7 heteroatoms. The fourth-order valence-electron chi connectivity index (χ4n) is 2.97. The number of nitrogens with one attached hydrogen (secondary N) is 2. The van der Waals surface area contributed by atoms with E-state index >= 15 is 0 Å². The van der Waals surface area contributed by atoms with E-state index in [-0.39, 0.29) is 12.4 Å². The summed E-state index contributed by atoms with van der Waals surface area (Å²) in [6, 6.07) is 8.98. The Morgan fingerprint density at radius 1 is 1.27 bits per heavy atom. The Morgan fingerprint density at radius 3 is 2.73 bits per heavy atom. The molecule has 6 nitrogen and oxygen atoms in total. The Morgan fingerprint density at radius 2 is 2.00 bits per heavy atom. The number of unbranched alkanes of at least 4 members (excludes halogenated alkanes) is 1. The van der Waals surface area contributed by atoms with Crippen molar-refractivity contribution in [1.82, 2.24) is 10.3 Å². The van der Waals surface area contributed by atoms with E-state index in [0.29, 0.717) is 12.6 Å². The molecule has 1 atom stereocenters. The quantitative estimate of drug-likeness (QED) is 0.394. The lowest BCUT2D eigenvalue weighted by Crippen LogP contribution is -2.29. The van der Waals surface area contributed by atoms with E-state index in [1.165, 1.54) is 27.5 Å². The van der Waals surface area contributed by atoms with Crippen LogP contribution < -0.4 is 5.32 Å². The van der Waals surface area contributed by atoms with Gasteiger partial charge in [0, 0.05) is 29.2 Å². The molecule has 0 amide bonds. The molecular formula is C15H22ClN3O3. The van der Waals surface area contributed by atoms with Crippen molar-refractivity contribution < 1.29 is 10.3 Å². The van der Waals surface area contributed by atoms with Gasteiger partial charge in [-0.15, -0.1) is 17.3 Å². The Balaban J connectivity index is 0.000000562. The van der Waals surface area contributed by atoms with Crippen LogP contribution in [0.15, 0.2) is 29.6 Å². The van der Waals surface area contributed by atoms with Crippen LogP contribution in [0.5, 0.6) is 0 Å². The van der Waals surface area contributed by atoms with Crippen LogP contribution in [-0.2, 0) is 6.42 Å². The predicted octanol–water partition coefficient (Wildman–Crippen LogP) is 3.08. The minimum absolute atomic E-state index is 0. The van der Waals surface area contributed by atoms with Crippen LogP contribution in [0, 0.1) is 4.91 Å². The van der Waals surface area contributed by atoms with Crippen molar-refractivity contribution in [2.24, 2.45) is 5.34 Å². The van der Waals surface area contributed by atoms with E-state index < -0.39 is 0 Å². The number of fused-ring (bicyclic) bond motifs is 3. The lowest BCUT2D eigenvalue weighted by Gasteiger charge is -2.24. The summed E-state index contributed by atoms with van der Waals surface area (Å²) in [5.41, 5.74) is 4.09. The van der Waals surface area contributed by atoms with Crippen molar-refractivity contribution in [3.8, 4) is 0 Å². The molecule has 0 fully saturated rings.